The lowest BCUT2D eigenvalue weighted by Gasteiger charge is -2.08. The molecule has 0 heterocycles. The molecule has 0 atom stereocenters. The Morgan fingerprint density at radius 3 is 2.48 bits per heavy atom. The SMILES string of the molecule is O=C(NCCOc1ccccc1F)c1ccc(F)c(F)c1. The Hall–Kier alpha value is -2.50. The van der Waals surface area contributed by atoms with E-state index in [1.165, 1.54) is 24.3 Å². The smallest absolute Gasteiger partial charge is 0.251 e. The number of benzene rings is 2. The maximum Gasteiger partial charge on any atom is 0.251 e. The van der Waals surface area contributed by atoms with Crippen molar-refractivity contribution in [3.8, 4) is 5.75 Å². The highest BCUT2D eigenvalue weighted by Gasteiger charge is 2.09. The molecule has 0 radical (unpaired) electrons. The van der Waals surface area contributed by atoms with E-state index in [2.05, 4.69) is 5.32 Å². The van der Waals surface area contributed by atoms with Gasteiger partial charge in [0, 0.05) is 5.56 Å². The number of hydrogen-bond acceptors (Lipinski definition) is 2. The molecular formula is C15H12F3NO2. The molecule has 0 spiro atoms. The minimum atomic E-state index is -1.09. The second-order valence-electron chi connectivity index (χ2n) is 4.16. The van der Waals surface area contributed by atoms with Gasteiger partial charge in [-0.3, -0.25) is 4.79 Å². The number of amides is 1. The van der Waals surface area contributed by atoms with Gasteiger partial charge >= 0.3 is 0 Å². The summed E-state index contributed by atoms with van der Waals surface area (Å²) in [6, 6.07) is 8.74. The summed E-state index contributed by atoms with van der Waals surface area (Å²) in [5, 5.41) is 2.46. The largest absolute Gasteiger partial charge is 0.489 e. The van der Waals surface area contributed by atoms with Gasteiger partial charge in [0.15, 0.2) is 23.2 Å². The van der Waals surface area contributed by atoms with E-state index < -0.39 is 23.4 Å². The van der Waals surface area contributed by atoms with E-state index in [1.54, 1.807) is 6.07 Å². The Balaban J connectivity index is 1.82. The Morgan fingerprint density at radius 2 is 1.76 bits per heavy atom. The van der Waals surface area contributed by atoms with Crippen molar-refractivity contribution in [3.63, 3.8) is 0 Å². The van der Waals surface area contributed by atoms with E-state index in [0.29, 0.717) is 0 Å². The molecule has 6 heteroatoms. The molecule has 0 saturated heterocycles. The summed E-state index contributed by atoms with van der Waals surface area (Å²) in [4.78, 5) is 11.7. The number of nitrogens with one attached hydrogen (secondary N) is 1. The van der Waals surface area contributed by atoms with Gasteiger partial charge in [-0.25, -0.2) is 13.2 Å². The van der Waals surface area contributed by atoms with Crippen molar-refractivity contribution in [1.82, 2.24) is 5.32 Å². The molecule has 2 aromatic carbocycles. The number of carbonyl (C=O) groups excluding carboxylic acids is 1. The van der Waals surface area contributed by atoms with Gasteiger partial charge in [0.1, 0.15) is 6.61 Å². The summed E-state index contributed by atoms with van der Waals surface area (Å²) in [5.74, 6) is -3.09. The number of hydrogen-bond donors (Lipinski definition) is 1. The Labute approximate surface area is 119 Å². The van der Waals surface area contributed by atoms with Gasteiger partial charge in [0.2, 0.25) is 0 Å². The lowest BCUT2D eigenvalue weighted by atomic mass is 10.2. The lowest BCUT2D eigenvalue weighted by Crippen LogP contribution is -2.28. The average Bonchev–Trinajstić information content (AvgIpc) is 2.48. The fourth-order valence-electron chi connectivity index (χ4n) is 1.63. The van der Waals surface area contributed by atoms with E-state index in [1.807, 2.05) is 0 Å². The molecule has 2 rings (SSSR count). The Morgan fingerprint density at radius 1 is 1.00 bits per heavy atom. The molecule has 0 unspecified atom stereocenters. The molecule has 0 fully saturated rings. The van der Waals surface area contributed by atoms with Crippen molar-refractivity contribution in [2.75, 3.05) is 13.2 Å². The fourth-order valence-corrected chi connectivity index (χ4v) is 1.63. The highest BCUT2D eigenvalue weighted by atomic mass is 19.2. The van der Waals surface area contributed by atoms with Gasteiger partial charge in [0.25, 0.3) is 5.91 Å². The third kappa shape index (κ3) is 3.98. The second-order valence-corrected chi connectivity index (χ2v) is 4.16. The van der Waals surface area contributed by atoms with Crippen LogP contribution in [-0.2, 0) is 0 Å². The number of rotatable bonds is 5. The van der Waals surface area contributed by atoms with Crippen molar-refractivity contribution >= 4 is 5.91 Å². The molecular weight excluding hydrogens is 283 g/mol. The van der Waals surface area contributed by atoms with Gasteiger partial charge in [-0.15, -0.1) is 0 Å². The molecule has 0 aliphatic heterocycles. The normalized spacial score (nSPS) is 10.2. The number of ether oxygens (including phenoxy) is 1. The predicted octanol–water partition coefficient (Wildman–Crippen LogP) is 2.91. The van der Waals surface area contributed by atoms with E-state index in [0.717, 1.165) is 12.1 Å². The molecule has 2 aromatic rings. The van der Waals surface area contributed by atoms with Crippen molar-refractivity contribution in [2.45, 2.75) is 0 Å². The lowest BCUT2D eigenvalue weighted by molar-refractivity contribution is 0.0946. The molecule has 1 amide bonds. The summed E-state index contributed by atoms with van der Waals surface area (Å²) in [6.45, 7) is 0.155. The fraction of sp³-hybridized carbons (Fsp3) is 0.133. The summed E-state index contributed by atoms with van der Waals surface area (Å²) in [5.41, 5.74) is -0.000193. The number of para-hydroxylation sites is 1. The summed E-state index contributed by atoms with van der Waals surface area (Å²) in [7, 11) is 0. The minimum Gasteiger partial charge on any atom is -0.489 e. The van der Waals surface area contributed by atoms with Gasteiger partial charge < -0.3 is 10.1 Å². The maximum atomic E-state index is 13.2. The Kier molecular flexibility index (Phi) is 4.81. The molecule has 3 nitrogen and oxygen atoms in total. The van der Waals surface area contributed by atoms with Crippen molar-refractivity contribution in [3.05, 3.63) is 65.5 Å². The summed E-state index contributed by atoms with van der Waals surface area (Å²) < 4.78 is 44.1. The molecule has 0 aliphatic carbocycles. The van der Waals surface area contributed by atoms with Crippen LogP contribution in [0, 0.1) is 17.5 Å². The maximum absolute atomic E-state index is 13.2. The van der Waals surface area contributed by atoms with Crippen LogP contribution in [0.15, 0.2) is 42.5 Å². The summed E-state index contributed by atoms with van der Waals surface area (Å²) >= 11 is 0. The van der Waals surface area contributed by atoms with Crippen molar-refractivity contribution < 1.29 is 22.7 Å². The highest BCUT2D eigenvalue weighted by molar-refractivity contribution is 5.94. The molecule has 0 aromatic heterocycles. The van der Waals surface area contributed by atoms with Crippen LogP contribution in [0.5, 0.6) is 5.75 Å². The van der Waals surface area contributed by atoms with Crippen LogP contribution in [0.4, 0.5) is 13.2 Å². The van der Waals surface area contributed by atoms with E-state index in [9.17, 15) is 18.0 Å². The van der Waals surface area contributed by atoms with Gasteiger partial charge in [-0.05, 0) is 30.3 Å². The highest BCUT2D eigenvalue weighted by Crippen LogP contribution is 2.14. The third-order valence-electron chi connectivity index (χ3n) is 2.66. The monoisotopic (exact) mass is 295 g/mol. The van der Waals surface area contributed by atoms with Crippen molar-refractivity contribution in [2.24, 2.45) is 0 Å². The van der Waals surface area contributed by atoms with Crippen LogP contribution in [0.2, 0.25) is 0 Å². The number of halogens is 3. The first kappa shape index (κ1) is 14.9. The molecule has 110 valence electrons. The van der Waals surface area contributed by atoms with E-state index >= 15 is 0 Å². The van der Waals surface area contributed by atoms with Crippen molar-refractivity contribution in [1.29, 1.82) is 0 Å². The Bertz CT molecular complexity index is 647. The first-order valence-corrected chi connectivity index (χ1v) is 6.18. The van der Waals surface area contributed by atoms with E-state index in [4.69, 9.17) is 4.74 Å². The molecule has 21 heavy (non-hydrogen) atoms. The minimum absolute atomic E-state index is 0.000193. The zero-order valence-electron chi connectivity index (χ0n) is 10.9. The van der Waals surface area contributed by atoms with Crippen LogP contribution < -0.4 is 10.1 Å². The zero-order valence-corrected chi connectivity index (χ0v) is 10.9. The van der Waals surface area contributed by atoms with E-state index in [-0.39, 0.29) is 24.5 Å². The van der Waals surface area contributed by atoms with Crippen LogP contribution in [-0.4, -0.2) is 19.1 Å². The molecule has 0 aliphatic rings. The van der Waals surface area contributed by atoms with Crippen LogP contribution in [0.3, 0.4) is 0 Å². The van der Waals surface area contributed by atoms with Gasteiger partial charge in [-0.2, -0.15) is 0 Å². The number of carbonyl (C=O) groups is 1. The first-order valence-electron chi connectivity index (χ1n) is 6.18. The predicted molar refractivity (Wildman–Crippen MR) is 70.6 cm³/mol. The molecule has 0 bridgehead atoms. The van der Waals surface area contributed by atoms with Crippen LogP contribution in [0.25, 0.3) is 0 Å². The third-order valence-corrected chi connectivity index (χ3v) is 2.66. The molecule has 0 saturated carbocycles. The molecule has 1 N–H and O–H groups in total. The summed E-state index contributed by atoms with van der Waals surface area (Å²) in [6.07, 6.45) is 0. The first-order chi connectivity index (χ1) is 10.1. The van der Waals surface area contributed by atoms with Gasteiger partial charge in [-0.1, -0.05) is 12.1 Å². The van der Waals surface area contributed by atoms with Gasteiger partial charge in [0.05, 0.1) is 6.54 Å². The standard InChI is InChI=1S/C15H12F3NO2/c16-11-6-5-10(9-13(11)18)15(20)19-7-8-21-14-4-2-1-3-12(14)17/h1-6,9H,7-8H2,(H,19,20). The average molecular weight is 295 g/mol. The van der Waals surface area contributed by atoms with Crippen LogP contribution in [0.1, 0.15) is 10.4 Å². The zero-order chi connectivity index (χ0) is 15.2. The second kappa shape index (κ2) is 6.78. The quantitative estimate of drug-likeness (QED) is 0.861. The topological polar surface area (TPSA) is 38.3 Å². The van der Waals surface area contributed by atoms with Crippen LogP contribution >= 0.6 is 0 Å².